The lowest BCUT2D eigenvalue weighted by atomic mass is 9.97. The predicted octanol–water partition coefficient (Wildman–Crippen LogP) is 3.20. The van der Waals surface area contributed by atoms with Crippen molar-refractivity contribution in [1.29, 1.82) is 0 Å². The molecule has 0 aromatic heterocycles. The minimum atomic E-state index is -0.589. The topological polar surface area (TPSA) is 142 Å². The van der Waals surface area contributed by atoms with Crippen molar-refractivity contribution in [3.63, 3.8) is 0 Å². The van der Waals surface area contributed by atoms with Gasteiger partial charge in [-0.2, -0.15) is 0 Å². The standard InChI is InChI=1S/C22H22O7/c23-16-5-12(6-17(24)11-16)1-3-14-9-18(25)10-15(21(14)28)4-2-13-7-19(26)22(29)20(27)8-13/h5-11,23-29H,1-4H2. The first-order valence-corrected chi connectivity index (χ1v) is 9.02. The molecular weight excluding hydrogens is 376 g/mol. The number of phenols is 7. The Kier molecular flexibility index (Phi) is 5.59. The van der Waals surface area contributed by atoms with E-state index in [9.17, 15) is 35.7 Å². The van der Waals surface area contributed by atoms with Crippen molar-refractivity contribution in [3.05, 3.63) is 64.7 Å². The van der Waals surface area contributed by atoms with Crippen LogP contribution in [0.15, 0.2) is 42.5 Å². The van der Waals surface area contributed by atoms with E-state index in [-0.39, 0.29) is 23.0 Å². The van der Waals surface area contributed by atoms with E-state index in [2.05, 4.69) is 0 Å². The normalized spacial score (nSPS) is 10.9. The van der Waals surface area contributed by atoms with Gasteiger partial charge in [0.05, 0.1) is 0 Å². The van der Waals surface area contributed by atoms with E-state index < -0.39 is 17.2 Å². The van der Waals surface area contributed by atoms with Crippen LogP contribution in [0, 0.1) is 0 Å². The number of phenolic OH excluding ortho intramolecular Hbond substituents is 7. The van der Waals surface area contributed by atoms with Gasteiger partial charge in [-0.3, -0.25) is 0 Å². The van der Waals surface area contributed by atoms with Crippen LogP contribution < -0.4 is 0 Å². The van der Waals surface area contributed by atoms with Crippen molar-refractivity contribution in [2.75, 3.05) is 0 Å². The highest BCUT2D eigenvalue weighted by Gasteiger charge is 2.13. The average Bonchev–Trinajstić information content (AvgIpc) is 2.64. The molecule has 7 N–H and O–H groups in total. The number of benzene rings is 3. The Balaban J connectivity index is 1.76. The van der Waals surface area contributed by atoms with Crippen LogP contribution in [0.3, 0.4) is 0 Å². The van der Waals surface area contributed by atoms with Crippen LogP contribution in [0.25, 0.3) is 0 Å². The summed E-state index contributed by atoms with van der Waals surface area (Å²) in [4.78, 5) is 0. The summed E-state index contributed by atoms with van der Waals surface area (Å²) >= 11 is 0. The van der Waals surface area contributed by atoms with Crippen molar-refractivity contribution in [1.82, 2.24) is 0 Å². The molecule has 0 aliphatic rings. The van der Waals surface area contributed by atoms with E-state index >= 15 is 0 Å². The Bertz CT molecular complexity index is 1000. The Morgan fingerprint density at radius 2 is 0.828 bits per heavy atom. The molecule has 0 saturated heterocycles. The lowest BCUT2D eigenvalue weighted by Gasteiger charge is -2.12. The number of aromatic hydroxyl groups is 7. The van der Waals surface area contributed by atoms with Gasteiger partial charge in [0.2, 0.25) is 0 Å². The average molecular weight is 398 g/mol. The third-order valence-corrected chi connectivity index (χ3v) is 4.71. The molecule has 3 aromatic rings. The fourth-order valence-electron chi connectivity index (χ4n) is 3.29. The van der Waals surface area contributed by atoms with Gasteiger partial charge in [0, 0.05) is 6.07 Å². The molecule has 3 rings (SSSR count). The summed E-state index contributed by atoms with van der Waals surface area (Å²) in [5.74, 6) is -1.55. The molecule has 0 unspecified atom stereocenters. The van der Waals surface area contributed by atoms with Crippen LogP contribution in [-0.4, -0.2) is 35.7 Å². The molecule has 0 fully saturated rings. The number of rotatable bonds is 6. The van der Waals surface area contributed by atoms with Crippen LogP contribution in [0.5, 0.6) is 40.2 Å². The fraction of sp³-hybridized carbons (Fsp3) is 0.182. The number of aryl methyl sites for hydroxylation is 4. The van der Waals surface area contributed by atoms with Gasteiger partial charge in [-0.1, -0.05) is 0 Å². The summed E-state index contributed by atoms with van der Waals surface area (Å²) < 4.78 is 0. The van der Waals surface area contributed by atoms with Crippen molar-refractivity contribution in [3.8, 4) is 40.2 Å². The minimum Gasteiger partial charge on any atom is -0.508 e. The first-order chi connectivity index (χ1) is 13.7. The van der Waals surface area contributed by atoms with Gasteiger partial charge in [-0.15, -0.1) is 0 Å². The van der Waals surface area contributed by atoms with Gasteiger partial charge in [-0.05, 0) is 84.3 Å². The van der Waals surface area contributed by atoms with Crippen LogP contribution >= 0.6 is 0 Å². The molecule has 7 heteroatoms. The SMILES string of the molecule is Oc1cc(O)cc(CCc2cc(O)cc(CCc3cc(O)c(O)c(O)c3)c2O)c1. The molecule has 0 aliphatic carbocycles. The third-order valence-electron chi connectivity index (χ3n) is 4.71. The molecule has 0 atom stereocenters. The Morgan fingerprint density at radius 3 is 1.31 bits per heavy atom. The molecule has 0 heterocycles. The summed E-state index contributed by atoms with van der Waals surface area (Å²) in [5.41, 5.74) is 2.24. The molecule has 7 nitrogen and oxygen atoms in total. The minimum absolute atomic E-state index is 0.0112. The van der Waals surface area contributed by atoms with Gasteiger partial charge >= 0.3 is 0 Å². The molecule has 0 bridgehead atoms. The van der Waals surface area contributed by atoms with E-state index in [0.717, 1.165) is 0 Å². The zero-order valence-electron chi connectivity index (χ0n) is 15.5. The van der Waals surface area contributed by atoms with E-state index in [0.29, 0.717) is 47.9 Å². The second-order valence-electron chi connectivity index (χ2n) is 6.95. The maximum Gasteiger partial charge on any atom is 0.200 e. The van der Waals surface area contributed by atoms with E-state index in [1.165, 1.54) is 42.5 Å². The van der Waals surface area contributed by atoms with Crippen molar-refractivity contribution in [2.45, 2.75) is 25.7 Å². The second-order valence-corrected chi connectivity index (χ2v) is 6.95. The molecule has 0 amide bonds. The van der Waals surface area contributed by atoms with Crippen molar-refractivity contribution in [2.24, 2.45) is 0 Å². The van der Waals surface area contributed by atoms with E-state index in [4.69, 9.17) is 0 Å². The maximum absolute atomic E-state index is 10.6. The van der Waals surface area contributed by atoms with E-state index in [1.54, 1.807) is 0 Å². The molecule has 0 aliphatic heterocycles. The lowest BCUT2D eigenvalue weighted by Crippen LogP contribution is -1.97. The maximum atomic E-state index is 10.6. The Morgan fingerprint density at radius 1 is 0.414 bits per heavy atom. The summed E-state index contributed by atoms with van der Waals surface area (Å²) in [6.07, 6.45) is 1.47. The number of hydrogen-bond acceptors (Lipinski definition) is 7. The first kappa shape index (κ1) is 20.0. The molecular formula is C22H22O7. The summed E-state index contributed by atoms with van der Waals surface area (Å²) in [6.45, 7) is 0. The zero-order valence-corrected chi connectivity index (χ0v) is 15.5. The third kappa shape index (κ3) is 4.76. The van der Waals surface area contributed by atoms with Gasteiger partial charge in [-0.25, -0.2) is 0 Å². The Labute approximate surface area is 167 Å². The number of hydrogen-bond donors (Lipinski definition) is 7. The smallest absolute Gasteiger partial charge is 0.200 e. The quantitative estimate of drug-likeness (QED) is 0.250. The second kappa shape index (κ2) is 8.10. The Hall–Kier alpha value is -3.74. The monoisotopic (exact) mass is 398 g/mol. The van der Waals surface area contributed by atoms with Gasteiger partial charge in [0.15, 0.2) is 17.2 Å². The zero-order chi connectivity index (χ0) is 21.1. The summed E-state index contributed by atoms with van der Waals surface area (Å²) in [6, 6.07) is 9.81. The molecule has 0 spiro atoms. The highest BCUT2D eigenvalue weighted by molar-refractivity contribution is 5.52. The highest BCUT2D eigenvalue weighted by Crippen LogP contribution is 2.36. The van der Waals surface area contributed by atoms with Crippen molar-refractivity contribution >= 4 is 0 Å². The predicted molar refractivity (Wildman–Crippen MR) is 106 cm³/mol. The highest BCUT2D eigenvalue weighted by atomic mass is 16.3. The van der Waals surface area contributed by atoms with Crippen LogP contribution in [-0.2, 0) is 25.7 Å². The largest absolute Gasteiger partial charge is 0.508 e. The summed E-state index contributed by atoms with van der Waals surface area (Å²) in [7, 11) is 0. The molecule has 0 radical (unpaired) electrons. The van der Waals surface area contributed by atoms with Crippen LogP contribution in [0.1, 0.15) is 22.3 Å². The lowest BCUT2D eigenvalue weighted by molar-refractivity contribution is 0.367. The molecule has 152 valence electrons. The van der Waals surface area contributed by atoms with Crippen LogP contribution in [0.4, 0.5) is 0 Å². The van der Waals surface area contributed by atoms with E-state index in [1.807, 2.05) is 0 Å². The molecule has 0 saturated carbocycles. The molecule has 29 heavy (non-hydrogen) atoms. The fourth-order valence-corrected chi connectivity index (χ4v) is 3.29. The first-order valence-electron chi connectivity index (χ1n) is 9.02. The van der Waals surface area contributed by atoms with Crippen molar-refractivity contribution < 1.29 is 35.7 Å². The summed E-state index contributed by atoms with van der Waals surface area (Å²) in [5, 5.41) is 68.4. The van der Waals surface area contributed by atoms with Gasteiger partial charge in [0.25, 0.3) is 0 Å². The van der Waals surface area contributed by atoms with Gasteiger partial charge < -0.3 is 35.7 Å². The van der Waals surface area contributed by atoms with Gasteiger partial charge in [0.1, 0.15) is 23.0 Å². The van der Waals surface area contributed by atoms with Crippen LogP contribution in [0.2, 0.25) is 0 Å². The molecule has 3 aromatic carbocycles.